The van der Waals surface area contributed by atoms with E-state index in [-0.39, 0.29) is 35.5 Å². The standard InChI is InChI=1S/C17H33NO3.Na/c1-3-4-5-6-7-8-9-10-11-12-13-14-16(19)18-15(2)17(20)21;/h15H,3-14H2,1-2H3,(H,18,19)(H,20,21);/q;+1/p-1. The Morgan fingerprint density at radius 3 is 1.68 bits per heavy atom. The molecule has 0 bridgehead atoms. The van der Waals surface area contributed by atoms with E-state index in [0.717, 1.165) is 19.3 Å². The SMILES string of the molecule is CCCCCCCCCCCCCC(=O)NC(C)C(=O)[O-].[Na+]. The third-order valence-electron chi connectivity index (χ3n) is 3.74. The van der Waals surface area contributed by atoms with Crippen LogP contribution in [0.3, 0.4) is 0 Å². The third kappa shape index (κ3) is 16.3. The minimum atomic E-state index is -1.23. The Morgan fingerprint density at radius 2 is 1.27 bits per heavy atom. The monoisotopic (exact) mass is 321 g/mol. The second-order valence-corrected chi connectivity index (χ2v) is 5.89. The summed E-state index contributed by atoms with van der Waals surface area (Å²) < 4.78 is 0. The molecule has 22 heavy (non-hydrogen) atoms. The van der Waals surface area contributed by atoms with Crippen molar-refractivity contribution in [3.8, 4) is 0 Å². The van der Waals surface area contributed by atoms with Crippen molar-refractivity contribution in [2.75, 3.05) is 0 Å². The summed E-state index contributed by atoms with van der Waals surface area (Å²) in [7, 11) is 0. The van der Waals surface area contributed by atoms with Gasteiger partial charge in [-0.1, -0.05) is 71.1 Å². The Kier molecular flexibility index (Phi) is 19.0. The van der Waals surface area contributed by atoms with Crippen LogP contribution in [0.15, 0.2) is 0 Å². The van der Waals surface area contributed by atoms with E-state index in [9.17, 15) is 14.7 Å². The van der Waals surface area contributed by atoms with E-state index in [0.29, 0.717) is 6.42 Å². The van der Waals surface area contributed by atoms with Crippen molar-refractivity contribution in [3.05, 3.63) is 0 Å². The molecule has 5 heteroatoms. The summed E-state index contributed by atoms with van der Waals surface area (Å²) in [6, 6.07) is -0.898. The van der Waals surface area contributed by atoms with Crippen molar-refractivity contribution in [1.82, 2.24) is 5.32 Å². The number of unbranched alkanes of at least 4 members (excludes halogenated alkanes) is 10. The molecule has 0 saturated carbocycles. The molecule has 0 rings (SSSR count). The normalized spacial score (nSPS) is 11.5. The first-order chi connectivity index (χ1) is 10.1. The zero-order chi connectivity index (χ0) is 15.9. The summed E-state index contributed by atoms with van der Waals surface area (Å²) in [6.07, 6.45) is 14.1. The summed E-state index contributed by atoms with van der Waals surface area (Å²) in [6.45, 7) is 3.66. The molecule has 0 aromatic carbocycles. The first-order valence-electron chi connectivity index (χ1n) is 8.58. The molecule has 4 nitrogen and oxygen atoms in total. The number of amides is 1. The fourth-order valence-corrected chi connectivity index (χ4v) is 2.32. The molecule has 0 saturated heterocycles. The Balaban J connectivity index is 0. The van der Waals surface area contributed by atoms with Crippen LogP contribution >= 0.6 is 0 Å². The van der Waals surface area contributed by atoms with Crippen LogP contribution in [-0.2, 0) is 9.59 Å². The molecule has 1 amide bonds. The van der Waals surface area contributed by atoms with E-state index < -0.39 is 12.0 Å². The van der Waals surface area contributed by atoms with Gasteiger partial charge in [-0.05, 0) is 13.3 Å². The summed E-state index contributed by atoms with van der Waals surface area (Å²) in [4.78, 5) is 21.9. The van der Waals surface area contributed by atoms with Crippen molar-refractivity contribution in [3.63, 3.8) is 0 Å². The molecule has 0 heterocycles. The number of hydrogen-bond donors (Lipinski definition) is 1. The predicted molar refractivity (Wildman–Crippen MR) is 83.7 cm³/mol. The van der Waals surface area contributed by atoms with Crippen LogP contribution in [0.1, 0.15) is 90.9 Å². The number of aliphatic carboxylic acids is 1. The van der Waals surface area contributed by atoms with Crippen LogP contribution in [-0.4, -0.2) is 17.9 Å². The number of hydrogen-bond acceptors (Lipinski definition) is 3. The maximum Gasteiger partial charge on any atom is 1.00 e. The van der Waals surface area contributed by atoms with E-state index in [1.165, 1.54) is 58.3 Å². The molecule has 124 valence electrons. The van der Waals surface area contributed by atoms with Crippen LogP contribution in [0.2, 0.25) is 0 Å². The predicted octanol–water partition coefficient (Wildman–Crippen LogP) is -0.0539. The van der Waals surface area contributed by atoms with Gasteiger partial charge >= 0.3 is 29.6 Å². The number of carboxylic acids is 1. The zero-order valence-corrected chi connectivity index (χ0v) is 16.8. The third-order valence-corrected chi connectivity index (χ3v) is 3.74. The number of nitrogens with one attached hydrogen (secondary N) is 1. The molecular weight excluding hydrogens is 289 g/mol. The molecule has 0 fully saturated rings. The van der Waals surface area contributed by atoms with Gasteiger partial charge in [0, 0.05) is 6.42 Å². The fourth-order valence-electron chi connectivity index (χ4n) is 2.32. The van der Waals surface area contributed by atoms with Gasteiger partial charge in [-0.3, -0.25) is 4.79 Å². The minimum absolute atomic E-state index is 0. The maximum absolute atomic E-state index is 11.4. The second kappa shape index (κ2) is 17.3. The number of rotatable bonds is 14. The number of carboxylic acid groups (broad SMARTS) is 1. The van der Waals surface area contributed by atoms with Crippen LogP contribution < -0.4 is 40.0 Å². The molecule has 0 aliphatic carbocycles. The first kappa shape index (κ1) is 24.2. The van der Waals surface area contributed by atoms with Crippen molar-refractivity contribution in [1.29, 1.82) is 0 Å². The van der Waals surface area contributed by atoms with Crippen LogP contribution in [0, 0.1) is 0 Å². The van der Waals surface area contributed by atoms with E-state index >= 15 is 0 Å². The first-order valence-corrected chi connectivity index (χ1v) is 8.58. The maximum atomic E-state index is 11.4. The molecule has 0 aliphatic heterocycles. The summed E-state index contributed by atoms with van der Waals surface area (Å²) in [5.74, 6) is -1.43. The van der Waals surface area contributed by atoms with Gasteiger partial charge < -0.3 is 15.2 Å². The molecule has 0 aliphatic rings. The quantitative estimate of drug-likeness (QED) is 0.360. The molecule has 1 unspecified atom stereocenters. The molecular formula is C17H32NNaO3. The Bertz CT molecular complexity index is 285. The van der Waals surface area contributed by atoms with Gasteiger partial charge in [0.15, 0.2) is 0 Å². The number of carbonyl (C=O) groups excluding carboxylic acids is 2. The molecule has 1 atom stereocenters. The Labute approximate surface area is 158 Å². The van der Waals surface area contributed by atoms with Crippen molar-refractivity contribution >= 4 is 11.9 Å². The topological polar surface area (TPSA) is 69.2 Å². The van der Waals surface area contributed by atoms with E-state index in [1.807, 2.05) is 0 Å². The van der Waals surface area contributed by atoms with Gasteiger partial charge in [0.1, 0.15) is 0 Å². The second-order valence-electron chi connectivity index (χ2n) is 5.89. The van der Waals surface area contributed by atoms with E-state index in [2.05, 4.69) is 12.2 Å². The minimum Gasteiger partial charge on any atom is -0.548 e. The molecule has 0 aromatic heterocycles. The van der Waals surface area contributed by atoms with Gasteiger partial charge in [-0.15, -0.1) is 0 Å². The zero-order valence-electron chi connectivity index (χ0n) is 14.8. The van der Waals surface area contributed by atoms with Gasteiger partial charge in [-0.25, -0.2) is 0 Å². The van der Waals surface area contributed by atoms with Crippen LogP contribution in [0.25, 0.3) is 0 Å². The molecule has 0 spiro atoms. The molecule has 0 radical (unpaired) electrons. The number of carbonyl (C=O) groups is 2. The average molecular weight is 321 g/mol. The van der Waals surface area contributed by atoms with Crippen molar-refractivity contribution in [2.24, 2.45) is 0 Å². The summed E-state index contributed by atoms with van der Waals surface area (Å²) in [5, 5.41) is 12.9. The Morgan fingerprint density at radius 1 is 0.864 bits per heavy atom. The molecule has 1 N–H and O–H groups in total. The smallest absolute Gasteiger partial charge is 0.548 e. The summed E-state index contributed by atoms with van der Waals surface area (Å²) >= 11 is 0. The largest absolute Gasteiger partial charge is 1.00 e. The van der Waals surface area contributed by atoms with Gasteiger partial charge in [-0.2, -0.15) is 0 Å². The van der Waals surface area contributed by atoms with Crippen LogP contribution in [0.5, 0.6) is 0 Å². The fraction of sp³-hybridized carbons (Fsp3) is 0.882. The average Bonchev–Trinajstić information content (AvgIpc) is 2.44. The van der Waals surface area contributed by atoms with Gasteiger partial charge in [0.05, 0.1) is 12.0 Å². The van der Waals surface area contributed by atoms with E-state index in [4.69, 9.17) is 0 Å². The van der Waals surface area contributed by atoms with Gasteiger partial charge in [0.25, 0.3) is 0 Å². The molecule has 0 aromatic rings. The van der Waals surface area contributed by atoms with Crippen molar-refractivity contribution < 1.29 is 44.3 Å². The van der Waals surface area contributed by atoms with E-state index in [1.54, 1.807) is 0 Å². The van der Waals surface area contributed by atoms with Crippen LogP contribution in [0.4, 0.5) is 0 Å². The summed E-state index contributed by atoms with van der Waals surface area (Å²) in [5.41, 5.74) is 0. The van der Waals surface area contributed by atoms with Crippen molar-refractivity contribution in [2.45, 2.75) is 96.9 Å². The Hall–Kier alpha value is -0.0600. The van der Waals surface area contributed by atoms with Gasteiger partial charge in [0.2, 0.25) is 5.91 Å².